The summed E-state index contributed by atoms with van der Waals surface area (Å²) in [6.07, 6.45) is 7.53. The van der Waals surface area contributed by atoms with Gasteiger partial charge in [-0.15, -0.1) is 0 Å². The van der Waals surface area contributed by atoms with Gasteiger partial charge in [0.15, 0.2) is 0 Å². The van der Waals surface area contributed by atoms with E-state index >= 15 is 0 Å². The Morgan fingerprint density at radius 3 is 2.53 bits per heavy atom. The smallest absolute Gasteiger partial charge is 0.0702 e. The maximum absolute atomic E-state index is 10.7. The highest BCUT2D eigenvalue weighted by molar-refractivity contribution is 5.12. The zero-order chi connectivity index (χ0) is 12.3. The van der Waals surface area contributed by atoms with Crippen LogP contribution < -0.4 is 0 Å². The Balaban J connectivity index is 2.12. The second kappa shape index (κ2) is 5.21. The molecule has 0 atom stereocenters. The molecule has 1 aromatic rings. The fourth-order valence-corrected chi connectivity index (χ4v) is 2.92. The number of nitrogens with zero attached hydrogens (tertiary/aromatic N) is 2. The molecular formula is C14H24N2O. The van der Waals surface area contributed by atoms with Gasteiger partial charge in [0.25, 0.3) is 0 Å². The second-order valence-corrected chi connectivity index (χ2v) is 5.41. The summed E-state index contributed by atoms with van der Waals surface area (Å²) >= 11 is 0. The third-order valence-electron chi connectivity index (χ3n) is 3.83. The van der Waals surface area contributed by atoms with Crippen LogP contribution in [0.2, 0.25) is 0 Å². The molecule has 0 bridgehead atoms. The van der Waals surface area contributed by atoms with Crippen molar-refractivity contribution in [2.24, 2.45) is 0 Å². The number of aryl methyl sites for hydroxylation is 2. The molecule has 1 heterocycles. The van der Waals surface area contributed by atoms with Crippen LogP contribution in [-0.2, 0) is 13.0 Å². The molecule has 0 unspecified atom stereocenters. The zero-order valence-corrected chi connectivity index (χ0v) is 11.1. The second-order valence-electron chi connectivity index (χ2n) is 5.41. The predicted octanol–water partition coefficient (Wildman–Crippen LogP) is 2.84. The summed E-state index contributed by atoms with van der Waals surface area (Å²) in [6.45, 7) is 5.01. The average molecular weight is 236 g/mol. The lowest BCUT2D eigenvalue weighted by Gasteiger charge is -2.26. The molecule has 1 fully saturated rings. The molecule has 3 heteroatoms. The van der Waals surface area contributed by atoms with E-state index in [1.54, 1.807) is 0 Å². The van der Waals surface area contributed by atoms with Crippen LogP contribution in [0.1, 0.15) is 56.8 Å². The van der Waals surface area contributed by atoms with Crippen LogP contribution in [0.25, 0.3) is 0 Å². The van der Waals surface area contributed by atoms with Gasteiger partial charge in [-0.2, -0.15) is 5.10 Å². The fourth-order valence-electron chi connectivity index (χ4n) is 2.92. The minimum absolute atomic E-state index is 0.490. The number of aromatic nitrogens is 2. The fraction of sp³-hybridized carbons (Fsp3) is 0.786. The molecule has 1 aromatic heterocycles. The van der Waals surface area contributed by atoms with Gasteiger partial charge in [-0.25, -0.2) is 0 Å². The van der Waals surface area contributed by atoms with Gasteiger partial charge in [0.05, 0.1) is 11.3 Å². The van der Waals surface area contributed by atoms with Crippen molar-refractivity contribution in [1.82, 2.24) is 9.78 Å². The monoisotopic (exact) mass is 236 g/mol. The summed E-state index contributed by atoms with van der Waals surface area (Å²) < 4.78 is 2.03. The molecule has 1 aliphatic carbocycles. The minimum Gasteiger partial charge on any atom is -0.389 e. The van der Waals surface area contributed by atoms with Gasteiger partial charge in [0.1, 0.15) is 0 Å². The summed E-state index contributed by atoms with van der Waals surface area (Å²) in [6, 6.07) is 2.12. The lowest BCUT2D eigenvalue weighted by Crippen LogP contribution is -2.31. The zero-order valence-electron chi connectivity index (χ0n) is 11.1. The standard InChI is InChI=1S/C14H24N2O/c1-3-16-13(10-12(2)15-16)11-14(17)8-6-4-5-7-9-14/h10,17H,3-9,11H2,1-2H3. The maximum atomic E-state index is 10.7. The average Bonchev–Trinajstić information content (AvgIpc) is 2.49. The molecule has 0 aromatic carbocycles. The third-order valence-corrected chi connectivity index (χ3v) is 3.83. The van der Waals surface area contributed by atoms with Gasteiger partial charge in [0.2, 0.25) is 0 Å². The van der Waals surface area contributed by atoms with E-state index < -0.39 is 5.60 Å². The van der Waals surface area contributed by atoms with Crippen LogP contribution in [-0.4, -0.2) is 20.5 Å². The third kappa shape index (κ3) is 3.09. The van der Waals surface area contributed by atoms with Crippen LogP contribution in [0, 0.1) is 6.92 Å². The van der Waals surface area contributed by atoms with Crippen molar-refractivity contribution in [1.29, 1.82) is 0 Å². The summed E-state index contributed by atoms with van der Waals surface area (Å²) in [4.78, 5) is 0. The highest BCUT2D eigenvalue weighted by Crippen LogP contribution is 2.30. The molecule has 0 spiro atoms. The maximum Gasteiger partial charge on any atom is 0.0702 e. The van der Waals surface area contributed by atoms with Crippen molar-refractivity contribution >= 4 is 0 Å². The molecule has 3 nitrogen and oxygen atoms in total. The largest absolute Gasteiger partial charge is 0.389 e. The van der Waals surface area contributed by atoms with E-state index in [1.165, 1.54) is 18.5 Å². The van der Waals surface area contributed by atoms with Crippen LogP contribution >= 0.6 is 0 Å². The Morgan fingerprint density at radius 1 is 1.29 bits per heavy atom. The van der Waals surface area contributed by atoms with Crippen molar-refractivity contribution in [3.63, 3.8) is 0 Å². The molecule has 17 heavy (non-hydrogen) atoms. The molecule has 1 N–H and O–H groups in total. The SMILES string of the molecule is CCn1nc(C)cc1CC1(O)CCCCCC1. The highest BCUT2D eigenvalue weighted by Gasteiger charge is 2.29. The number of rotatable bonds is 3. The quantitative estimate of drug-likeness (QED) is 0.819. The molecule has 0 amide bonds. The molecule has 96 valence electrons. The molecule has 0 saturated heterocycles. The first-order valence-corrected chi connectivity index (χ1v) is 6.89. The Labute approximate surface area is 104 Å². The summed E-state index contributed by atoms with van der Waals surface area (Å²) in [7, 11) is 0. The van der Waals surface area contributed by atoms with E-state index in [-0.39, 0.29) is 0 Å². The Bertz CT molecular complexity index is 362. The van der Waals surface area contributed by atoms with E-state index in [1.807, 2.05) is 11.6 Å². The highest BCUT2D eigenvalue weighted by atomic mass is 16.3. The first kappa shape index (κ1) is 12.6. The van der Waals surface area contributed by atoms with E-state index in [0.29, 0.717) is 0 Å². The Hall–Kier alpha value is -0.830. The van der Waals surface area contributed by atoms with Crippen molar-refractivity contribution < 1.29 is 5.11 Å². The Kier molecular flexibility index (Phi) is 3.87. The summed E-state index contributed by atoms with van der Waals surface area (Å²) in [5.74, 6) is 0. The van der Waals surface area contributed by atoms with Gasteiger partial charge in [0, 0.05) is 18.7 Å². The lowest BCUT2D eigenvalue weighted by molar-refractivity contribution is 0.0233. The summed E-state index contributed by atoms with van der Waals surface area (Å²) in [5.41, 5.74) is 1.75. The van der Waals surface area contributed by atoms with E-state index in [9.17, 15) is 5.11 Å². The normalized spacial score (nSPS) is 20.2. The minimum atomic E-state index is -0.490. The molecule has 1 aliphatic rings. The topological polar surface area (TPSA) is 38.0 Å². The van der Waals surface area contributed by atoms with Gasteiger partial charge in [-0.05, 0) is 32.8 Å². The Morgan fingerprint density at radius 2 is 1.94 bits per heavy atom. The molecule has 2 rings (SSSR count). The van der Waals surface area contributed by atoms with Crippen molar-refractivity contribution in [2.45, 2.75) is 70.9 Å². The lowest BCUT2D eigenvalue weighted by atomic mass is 9.89. The van der Waals surface area contributed by atoms with Crippen molar-refractivity contribution in [2.75, 3.05) is 0 Å². The molecule has 1 saturated carbocycles. The van der Waals surface area contributed by atoms with E-state index in [0.717, 1.165) is 44.3 Å². The van der Waals surface area contributed by atoms with Crippen LogP contribution in [0.3, 0.4) is 0 Å². The number of aliphatic hydroxyl groups is 1. The van der Waals surface area contributed by atoms with Gasteiger partial charge in [-0.3, -0.25) is 4.68 Å². The number of hydrogen-bond acceptors (Lipinski definition) is 2. The molecule has 0 radical (unpaired) electrons. The van der Waals surface area contributed by atoms with Crippen molar-refractivity contribution in [3.05, 3.63) is 17.5 Å². The van der Waals surface area contributed by atoms with E-state index in [2.05, 4.69) is 18.1 Å². The van der Waals surface area contributed by atoms with E-state index in [4.69, 9.17) is 0 Å². The van der Waals surface area contributed by atoms with Crippen molar-refractivity contribution in [3.8, 4) is 0 Å². The molecule has 0 aliphatic heterocycles. The van der Waals surface area contributed by atoms with Gasteiger partial charge < -0.3 is 5.11 Å². The van der Waals surface area contributed by atoms with Crippen LogP contribution in [0.5, 0.6) is 0 Å². The predicted molar refractivity (Wildman–Crippen MR) is 69.0 cm³/mol. The number of hydrogen-bond donors (Lipinski definition) is 1. The summed E-state index contributed by atoms with van der Waals surface area (Å²) in [5, 5.41) is 15.1. The van der Waals surface area contributed by atoms with Crippen LogP contribution in [0.15, 0.2) is 6.07 Å². The first-order valence-electron chi connectivity index (χ1n) is 6.89. The van der Waals surface area contributed by atoms with Gasteiger partial charge >= 0.3 is 0 Å². The first-order chi connectivity index (χ1) is 8.13. The van der Waals surface area contributed by atoms with Gasteiger partial charge in [-0.1, -0.05) is 25.7 Å². The molecular weight excluding hydrogens is 212 g/mol. The van der Waals surface area contributed by atoms with Crippen LogP contribution in [0.4, 0.5) is 0 Å².